The molecular formula is C15H9N5O9. The lowest BCUT2D eigenvalue weighted by Crippen LogP contribution is -2.25. The van der Waals surface area contributed by atoms with E-state index in [4.69, 9.17) is 15.2 Å². The predicted octanol–water partition coefficient (Wildman–Crippen LogP) is -0.109. The minimum absolute atomic E-state index is 0.00683. The third-order valence-corrected chi connectivity index (χ3v) is 4.32. The second-order valence-electron chi connectivity index (χ2n) is 5.91. The first kappa shape index (κ1) is 17.9. The maximum absolute atomic E-state index is 12.6. The molecule has 0 aliphatic carbocycles. The van der Waals surface area contributed by atoms with Crippen LogP contribution in [-0.2, 0) is 0 Å². The molecule has 3 N–H and O–H groups in total. The monoisotopic (exact) mass is 403 g/mol. The zero-order chi connectivity index (χ0) is 21.0. The number of amides is 2. The average Bonchev–Trinajstić information content (AvgIpc) is 2.93. The zero-order valence-corrected chi connectivity index (χ0v) is 14.2. The van der Waals surface area contributed by atoms with Crippen molar-refractivity contribution in [1.82, 2.24) is 9.88 Å². The van der Waals surface area contributed by atoms with E-state index >= 15 is 0 Å². The summed E-state index contributed by atoms with van der Waals surface area (Å²) in [6.45, 7) is -0.0690. The number of imide groups is 1. The summed E-state index contributed by atoms with van der Waals surface area (Å²) in [5, 5.41) is 25.2. The zero-order valence-electron chi connectivity index (χ0n) is 14.2. The molecule has 1 aromatic heterocycles. The molecule has 1 aromatic carbocycles. The fourth-order valence-corrected chi connectivity index (χ4v) is 3.19. The largest absolute Gasteiger partial charge is 0.486 e. The number of nitrogens with one attached hydrogen (secondary N) is 1. The van der Waals surface area contributed by atoms with Gasteiger partial charge in [0.05, 0.1) is 21.0 Å². The third kappa shape index (κ3) is 2.46. The molecule has 148 valence electrons. The van der Waals surface area contributed by atoms with Gasteiger partial charge in [-0.1, -0.05) is 0 Å². The first-order chi connectivity index (χ1) is 13.7. The van der Waals surface area contributed by atoms with Crippen molar-refractivity contribution in [3.63, 3.8) is 0 Å². The van der Waals surface area contributed by atoms with E-state index < -0.39 is 55.8 Å². The van der Waals surface area contributed by atoms with Crippen molar-refractivity contribution < 1.29 is 28.9 Å². The number of nitrogens with two attached hydrogens (primary N) is 1. The van der Waals surface area contributed by atoms with Gasteiger partial charge >= 0.3 is 11.4 Å². The number of hydrogen-bond acceptors (Lipinski definition) is 10. The number of aromatic nitrogens is 1. The number of nitrogen functional groups attached to an aromatic ring is 1. The second kappa shape index (κ2) is 6.01. The van der Waals surface area contributed by atoms with Crippen LogP contribution in [0, 0.1) is 20.2 Å². The van der Waals surface area contributed by atoms with Crippen LogP contribution < -0.4 is 26.1 Å². The molecule has 0 spiro atoms. The van der Waals surface area contributed by atoms with Gasteiger partial charge in [-0.05, 0) is 0 Å². The number of carbonyl (C=O) groups is 2. The molecule has 14 heteroatoms. The SMILES string of the molecule is Nc1c2c(cc(=O)n1-c1cc3c(c([N+](=O)[O-])c1[N+](=O)[O-])OCCO3)C(=O)NC2=O. The minimum Gasteiger partial charge on any atom is -0.486 e. The Morgan fingerprint density at radius 2 is 1.66 bits per heavy atom. The molecule has 2 amide bonds. The summed E-state index contributed by atoms with van der Waals surface area (Å²) in [5.41, 5.74) is 1.46. The lowest BCUT2D eigenvalue weighted by atomic mass is 10.1. The third-order valence-electron chi connectivity index (χ3n) is 4.32. The number of anilines is 1. The van der Waals surface area contributed by atoms with Crippen LogP contribution in [-0.4, -0.2) is 39.4 Å². The molecule has 0 saturated carbocycles. The highest BCUT2D eigenvalue weighted by molar-refractivity contribution is 6.23. The second-order valence-corrected chi connectivity index (χ2v) is 5.91. The van der Waals surface area contributed by atoms with Crippen molar-refractivity contribution in [3.8, 4) is 17.2 Å². The number of nitrogens with zero attached hydrogens (tertiary/aromatic N) is 3. The first-order valence-electron chi connectivity index (χ1n) is 7.89. The molecule has 3 heterocycles. The lowest BCUT2D eigenvalue weighted by Gasteiger charge is -2.20. The summed E-state index contributed by atoms with van der Waals surface area (Å²) < 4.78 is 11.0. The van der Waals surface area contributed by atoms with E-state index in [1.165, 1.54) is 0 Å². The minimum atomic E-state index is -1.09. The smallest absolute Gasteiger partial charge is 0.393 e. The van der Waals surface area contributed by atoms with Gasteiger partial charge in [0.2, 0.25) is 5.75 Å². The Balaban J connectivity index is 2.14. The van der Waals surface area contributed by atoms with Gasteiger partial charge in [0.25, 0.3) is 17.4 Å². The van der Waals surface area contributed by atoms with Gasteiger partial charge < -0.3 is 15.2 Å². The van der Waals surface area contributed by atoms with Crippen LogP contribution in [0.25, 0.3) is 5.69 Å². The number of nitro groups is 2. The molecule has 29 heavy (non-hydrogen) atoms. The van der Waals surface area contributed by atoms with Crippen LogP contribution in [0.2, 0.25) is 0 Å². The average molecular weight is 403 g/mol. The lowest BCUT2D eigenvalue weighted by molar-refractivity contribution is -0.423. The maximum atomic E-state index is 12.6. The Kier molecular flexibility index (Phi) is 3.71. The van der Waals surface area contributed by atoms with Gasteiger partial charge in [0, 0.05) is 12.1 Å². The molecule has 0 atom stereocenters. The quantitative estimate of drug-likeness (QED) is 0.396. The number of rotatable bonds is 3. The topological polar surface area (TPSA) is 199 Å². The van der Waals surface area contributed by atoms with Crippen molar-refractivity contribution in [2.45, 2.75) is 0 Å². The summed E-state index contributed by atoms with van der Waals surface area (Å²) in [7, 11) is 0. The number of nitro benzene ring substituents is 2. The summed E-state index contributed by atoms with van der Waals surface area (Å²) in [6, 6.07) is 1.75. The maximum Gasteiger partial charge on any atom is 0.393 e. The Morgan fingerprint density at radius 1 is 1.00 bits per heavy atom. The molecule has 0 saturated heterocycles. The molecule has 2 aromatic rings. The number of carbonyl (C=O) groups excluding carboxylic acids is 2. The van der Waals surface area contributed by atoms with Gasteiger partial charge in [-0.3, -0.25) is 44.5 Å². The molecule has 0 unspecified atom stereocenters. The molecule has 0 fully saturated rings. The molecule has 0 bridgehead atoms. The van der Waals surface area contributed by atoms with E-state index in [2.05, 4.69) is 0 Å². The van der Waals surface area contributed by atoms with Crippen LogP contribution >= 0.6 is 0 Å². The van der Waals surface area contributed by atoms with Gasteiger partial charge in [-0.25, -0.2) is 0 Å². The molecule has 0 radical (unpaired) electrons. The summed E-state index contributed by atoms with van der Waals surface area (Å²) in [4.78, 5) is 57.5. The Morgan fingerprint density at radius 3 is 2.31 bits per heavy atom. The standard InChI is InChI=1S/C15H9N5O9/c16-13-9-5(14(22)17-15(9)23)3-8(21)18(13)6-4-7-12(29-2-1-28-7)11(20(26)27)10(6)19(24)25/h3-4H,1-2,16H2,(H,17,22,23). The Bertz CT molecular complexity index is 1220. The van der Waals surface area contributed by atoms with Gasteiger partial charge in [0.15, 0.2) is 5.75 Å². The van der Waals surface area contributed by atoms with E-state index in [1.807, 2.05) is 5.32 Å². The summed E-state index contributed by atoms with van der Waals surface area (Å²) in [5.74, 6) is -3.03. The van der Waals surface area contributed by atoms with E-state index in [1.54, 1.807) is 0 Å². The van der Waals surface area contributed by atoms with E-state index in [9.17, 15) is 34.6 Å². The van der Waals surface area contributed by atoms with Crippen molar-refractivity contribution in [2.24, 2.45) is 0 Å². The summed E-state index contributed by atoms with van der Waals surface area (Å²) in [6.07, 6.45) is 0. The van der Waals surface area contributed by atoms with E-state index in [0.717, 1.165) is 12.1 Å². The highest BCUT2D eigenvalue weighted by Crippen LogP contribution is 2.48. The van der Waals surface area contributed by atoms with Crippen LogP contribution in [0.4, 0.5) is 17.2 Å². The van der Waals surface area contributed by atoms with Gasteiger partial charge in [0.1, 0.15) is 24.7 Å². The first-order valence-corrected chi connectivity index (χ1v) is 7.89. The van der Waals surface area contributed by atoms with Gasteiger partial charge in [-0.15, -0.1) is 0 Å². The van der Waals surface area contributed by atoms with Crippen molar-refractivity contribution in [2.75, 3.05) is 18.9 Å². The van der Waals surface area contributed by atoms with Crippen LogP contribution in [0.3, 0.4) is 0 Å². The predicted molar refractivity (Wildman–Crippen MR) is 92.5 cm³/mol. The fraction of sp³-hybridized carbons (Fsp3) is 0.133. The highest BCUT2D eigenvalue weighted by Gasteiger charge is 2.41. The molecule has 14 nitrogen and oxygen atoms in total. The normalized spacial score (nSPS) is 14.3. The Labute approximate surface area is 158 Å². The van der Waals surface area contributed by atoms with Crippen molar-refractivity contribution >= 4 is 29.0 Å². The number of fused-ring (bicyclic) bond motifs is 2. The summed E-state index contributed by atoms with van der Waals surface area (Å²) >= 11 is 0. The van der Waals surface area contributed by atoms with Crippen molar-refractivity contribution in [1.29, 1.82) is 0 Å². The number of ether oxygens (including phenoxy) is 2. The van der Waals surface area contributed by atoms with Gasteiger partial charge in [-0.2, -0.15) is 0 Å². The molecule has 2 aliphatic heterocycles. The van der Waals surface area contributed by atoms with E-state index in [0.29, 0.717) is 4.57 Å². The molecule has 4 rings (SSSR count). The molecular weight excluding hydrogens is 394 g/mol. The number of hydrogen-bond donors (Lipinski definition) is 2. The number of benzene rings is 1. The van der Waals surface area contributed by atoms with Crippen LogP contribution in [0.5, 0.6) is 11.5 Å². The highest BCUT2D eigenvalue weighted by atomic mass is 16.6. The Hall–Kier alpha value is -4.49. The fourth-order valence-electron chi connectivity index (χ4n) is 3.19. The number of pyridine rings is 1. The molecule has 2 aliphatic rings. The van der Waals surface area contributed by atoms with Crippen molar-refractivity contribution in [3.05, 3.63) is 53.8 Å². The van der Waals surface area contributed by atoms with E-state index in [-0.39, 0.29) is 30.1 Å². The van der Waals surface area contributed by atoms with Crippen LogP contribution in [0.1, 0.15) is 20.7 Å². The van der Waals surface area contributed by atoms with Crippen LogP contribution in [0.15, 0.2) is 16.9 Å².